The van der Waals surface area contributed by atoms with E-state index in [2.05, 4.69) is 0 Å². The second-order valence-corrected chi connectivity index (χ2v) is 10.0. The van der Waals surface area contributed by atoms with Gasteiger partial charge in [0.25, 0.3) is 0 Å². The molecular weight excluding hydrogens is 508 g/mol. The Morgan fingerprint density at radius 3 is 2.50 bits per heavy atom. The van der Waals surface area contributed by atoms with Gasteiger partial charge in [-0.1, -0.05) is 45.6 Å². The van der Waals surface area contributed by atoms with E-state index in [0.29, 0.717) is 30.0 Å². The highest BCUT2D eigenvalue weighted by atomic mass is 31.0. The highest BCUT2D eigenvalue weighted by Gasteiger charge is 2.27. The molecule has 9 heteroatoms. The number of rotatable bonds is 5. The van der Waals surface area contributed by atoms with Crippen molar-refractivity contribution in [2.45, 2.75) is 32.6 Å². The van der Waals surface area contributed by atoms with E-state index in [9.17, 15) is 18.0 Å². The highest BCUT2D eigenvalue weighted by Crippen LogP contribution is 2.35. The van der Waals surface area contributed by atoms with Crippen LogP contribution < -0.4 is 15.9 Å². The summed E-state index contributed by atoms with van der Waals surface area (Å²) >= 11 is 0. The molecule has 2 N–H and O–H groups in total. The van der Waals surface area contributed by atoms with Crippen molar-refractivity contribution in [3.63, 3.8) is 0 Å². The minimum absolute atomic E-state index is 0.104. The molecule has 1 aliphatic carbocycles. The standard InChI is InChI=1S/C29H26F3N4OP/c1-15-20(25(31)26(32)28(38)24(15)30)14-23(37)36(2)29-22(12-16-6-4-3-5-7-16)34-27-19-10-9-18(33)13-17(19)8-11-21(27)35-29/h3-7,9-10,13H,8,11-12,14,33,38H2,1-2H3. The van der Waals surface area contributed by atoms with Crippen molar-refractivity contribution in [2.24, 2.45) is 0 Å². The molecule has 1 atom stereocenters. The van der Waals surface area contributed by atoms with Gasteiger partial charge < -0.3 is 5.73 Å². The number of aromatic nitrogens is 2. The number of benzene rings is 3. The number of aryl methyl sites for hydroxylation is 2. The molecule has 1 heterocycles. The first-order valence-electron chi connectivity index (χ1n) is 12.2. The van der Waals surface area contributed by atoms with Crippen LogP contribution in [0.25, 0.3) is 11.3 Å². The third-order valence-corrected chi connectivity index (χ3v) is 7.49. The lowest BCUT2D eigenvalue weighted by molar-refractivity contribution is -0.117. The topological polar surface area (TPSA) is 72.1 Å². The fourth-order valence-corrected chi connectivity index (χ4v) is 5.15. The van der Waals surface area contributed by atoms with Crippen LogP contribution in [0, 0.1) is 24.4 Å². The average Bonchev–Trinajstić information content (AvgIpc) is 2.92. The van der Waals surface area contributed by atoms with E-state index in [1.807, 2.05) is 57.8 Å². The monoisotopic (exact) mass is 534 g/mol. The van der Waals surface area contributed by atoms with E-state index >= 15 is 0 Å². The maximum atomic E-state index is 14.7. The van der Waals surface area contributed by atoms with Crippen LogP contribution in [0.5, 0.6) is 0 Å². The maximum absolute atomic E-state index is 14.7. The molecule has 5 nitrogen and oxygen atoms in total. The van der Waals surface area contributed by atoms with Crippen LogP contribution in [-0.2, 0) is 30.5 Å². The molecule has 1 unspecified atom stereocenters. The number of likely N-dealkylation sites (N-methyl/N-ethyl adjacent to an activating group) is 1. The second kappa shape index (κ2) is 10.2. The molecule has 0 spiro atoms. The zero-order valence-corrected chi connectivity index (χ0v) is 22.1. The number of nitrogens with two attached hydrogens (primary N) is 1. The third-order valence-electron chi connectivity index (χ3n) is 6.98. The predicted octanol–water partition coefficient (Wildman–Crippen LogP) is 4.85. The maximum Gasteiger partial charge on any atom is 0.232 e. The molecule has 3 aromatic carbocycles. The zero-order chi connectivity index (χ0) is 27.1. The van der Waals surface area contributed by atoms with Crippen molar-refractivity contribution in [3.8, 4) is 11.3 Å². The Labute approximate surface area is 221 Å². The van der Waals surface area contributed by atoms with Crippen molar-refractivity contribution in [1.82, 2.24) is 9.97 Å². The highest BCUT2D eigenvalue weighted by molar-refractivity contribution is 7.27. The van der Waals surface area contributed by atoms with Gasteiger partial charge in [0, 0.05) is 35.6 Å². The fraction of sp³-hybridized carbons (Fsp3) is 0.207. The van der Waals surface area contributed by atoms with Crippen molar-refractivity contribution in [1.29, 1.82) is 0 Å². The van der Waals surface area contributed by atoms with Crippen molar-refractivity contribution in [3.05, 3.63) is 99.6 Å². The number of nitrogens with zero attached hydrogens (tertiary/aromatic N) is 3. The van der Waals surface area contributed by atoms with Crippen LogP contribution in [0.4, 0.5) is 24.7 Å². The van der Waals surface area contributed by atoms with Gasteiger partial charge in [-0.3, -0.25) is 9.69 Å². The summed E-state index contributed by atoms with van der Waals surface area (Å²) in [5.41, 5.74) is 11.3. The Bertz CT molecular complexity index is 1550. The summed E-state index contributed by atoms with van der Waals surface area (Å²) in [6.45, 7) is 1.33. The third kappa shape index (κ3) is 4.65. The number of carbonyl (C=O) groups excluding carboxylic acids is 1. The first-order chi connectivity index (χ1) is 18.2. The Kier molecular flexibility index (Phi) is 6.93. The Morgan fingerprint density at radius 1 is 1.03 bits per heavy atom. The van der Waals surface area contributed by atoms with Gasteiger partial charge in [-0.2, -0.15) is 0 Å². The number of hydrogen-bond acceptors (Lipinski definition) is 4. The van der Waals surface area contributed by atoms with Gasteiger partial charge >= 0.3 is 0 Å². The zero-order valence-electron chi connectivity index (χ0n) is 21.0. The summed E-state index contributed by atoms with van der Waals surface area (Å²) < 4.78 is 43.4. The Morgan fingerprint density at radius 2 is 1.76 bits per heavy atom. The van der Waals surface area contributed by atoms with Gasteiger partial charge in [-0.15, -0.1) is 0 Å². The van der Waals surface area contributed by atoms with Crippen molar-refractivity contribution < 1.29 is 18.0 Å². The molecule has 0 fully saturated rings. The van der Waals surface area contributed by atoms with Crippen LogP contribution in [0.3, 0.4) is 0 Å². The predicted molar refractivity (Wildman–Crippen MR) is 146 cm³/mol. The summed E-state index contributed by atoms with van der Waals surface area (Å²) in [5.74, 6) is -3.67. The molecule has 0 aliphatic heterocycles. The lowest BCUT2D eigenvalue weighted by atomic mass is 9.91. The number of fused-ring (bicyclic) bond motifs is 3. The first-order valence-corrected chi connectivity index (χ1v) is 12.7. The fourth-order valence-electron chi connectivity index (χ4n) is 4.81. The van der Waals surface area contributed by atoms with Crippen LogP contribution in [0.2, 0.25) is 0 Å². The van der Waals surface area contributed by atoms with E-state index in [1.165, 1.54) is 18.9 Å². The minimum Gasteiger partial charge on any atom is -0.399 e. The lowest BCUT2D eigenvalue weighted by Crippen LogP contribution is -2.32. The van der Waals surface area contributed by atoms with Gasteiger partial charge in [0.1, 0.15) is 5.82 Å². The van der Waals surface area contributed by atoms with E-state index in [4.69, 9.17) is 15.7 Å². The molecule has 0 saturated heterocycles. The molecule has 4 aromatic rings. The number of halogens is 3. The average molecular weight is 535 g/mol. The number of nitrogen functional groups attached to an aromatic ring is 1. The summed E-state index contributed by atoms with van der Waals surface area (Å²) in [5, 5.41) is -0.489. The second-order valence-electron chi connectivity index (χ2n) is 9.46. The van der Waals surface area contributed by atoms with Crippen LogP contribution in [0.15, 0.2) is 48.5 Å². The summed E-state index contributed by atoms with van der Waals surface area (Å²) in [4.78, 5) is 24.5. The molecule has 194 valence electrons. The smallest absolute Gasteiger partial charge is 0.232 e. The van der Waals surface area contributed by atoms with E-state index in [0.717, 1.165) is 34.5 Å². The van der Waals surface area contributed by atoms with E-state index < -0.39 is 35.1 Å². The Balaban J connectivity index is 1.57. The number of amides is 1. The summed E-state index contributed by atoms with van der Waals surface area (Å²) in [6, 6.07) is 15.3. The number of carbonyl (C=O) groups is 1. The van der Waals surface area contributed by atoms with E-state index in [-0.39, 0.29) is 11.1 Å². The van der Waals surface area contributed by atoms with E-state index in [1.54, 1.807) is 0 Å². The largest absolute Gasteiger partial charge is 0.399 e. The lowest BCUT2D eigenvalue weighted by Gasteiger charge is -2.25. The molecule has 1 aliphatic rings. The first kappa shape index (κ1) is 25.9. The van der Waals surface area contributed by atoms with Gasteiger partial charge in [-0.05, 0) is 48.6 Å². The number of hydrogen-bond donors (Lipinski definition) is 1. The molecular formula is C29H26F3N4OP. The van der Waals surface area contributed by atoms with Gasteiger partial charge in [0.2, 0.25) is 5.91 Å². The normalized spacial score (nSPS) is 12.2. The van der Waals surface area contributed by atoms with Gasteiger partial charge in [0.05, 0.1) is 23.5 Å². The minimum atomic E-state index is -1.32. The summed E-state index contributed by atoms with van der Waals surface area (Å²) in [6.07, 6.45) is 1.20. The molecule has 0 saturated carbocycles. The SMILES string of the molecule is Cc1c(F)c(P)c(F)c(F)c1CC(=O)N(C)c1nc2c(nc1Cc1ccccc1)-c1ccc(N)cc1CC2. The molecule has 1 aromatic heterocycles. The molecule has 1 amide bonds. The van der Waals surface area contributed by atoms with Crippen molar-refractivity contribution >= 4 is 32.0 Å². The van der Waals surface area contributed by atoms with Gasteiger partial charge in [-0.25, -0.2) is 23.1 Å². The van der Waals surface area contributed by atoms with Crippen LogP contribution in [-0.4, -0.2) is 22.9 Å². The molecule has 38 heavy (non-hydrogen) atoms. The Hall–Kier alpha value is -3.77. The quantitative estimate of drug-likeness (QED) is 0.226. The van der Waals surface area contributed by atoms with Crippen LogP contribution >= 0.6 is 9.24 Å². The van der Waals surface area contributed by atoms with Crippen LogP contribution in [0.1, 0.15) is 33.6 Å². The molecule has 0 radical (unpaired) electrons. The van der Waals surface area contributed by atoms with Gasteiger partial charge in [0.15, 0.2) is 17.5 Å². The van der Waals surface area contributed by atoms with Crippen molar-refractivity contribution in [2.75, 3.05) is 17.7 Å². The molecule has 0 bridgehead atoms. The summed E-state index contributed by atoms with van der Waals surface area (Å²) in [7, 11) is 3.38. The molecule has 5 rings (SSSR count). The number of anilines is 2.